The van der Waals surface area contributed by atoms with Crippen LogP contribution in [0.4, 0.5) is 0 Å². The molecule has 45 heavy (non-hydrogen) atoms. The minimum atomic E-state index is 0.674. The molecule has 0 fully saturated rings. The third-order valence-corrected chi connectivity index (χ3v) is 8.79. The Kier molecular flexibility index (Phi) is 5.93. The Hall–Kier alpha value is -5.52. The molecular formula is C40H23BrN2O2. The molecule has 0 N–H and O–H groups in total. The molecule has 0 spiro atoms. The molecule has 3 heterocycles. The average Bonchev–Trinajstić information content (AvgIpc) is 3.66. The van der Waals surface area contributed by atoms with E-state index in [4.69, 9.17) is 18.8 Å². The number of benzene rings is 6. The number of hydrogen-bond donors (Lipinski definition) is 0. The van der Waals surface area contributed by atoms with Gasteiger partial charge in [0.1, 0.15) is 22.3 Å². The van der Waals surface area contributed by atoms with Crippen molar-refractivity contribution >= 4 is 59.8 Å². The standard InChI is InChI=1S/C40H23BrN2O2/c41-29-19-27(25-14-16-38-32(21-25)30-10-4-6-12-36(30)44-38)18-28(20-29)35-23-34(42-40(43-35)24-8-2-1-3-9-24)26-15-17-39-33(22-26)31-11-5-7-13-37(31)45-39/h1-23H. The lowest BCUT2D eigenvalue weighted by Crippen LogP contribution is -1.96. The Morgan fingerprint density at radius 1 is 0.378 bits per heavy atom. The zero-order valence-electron chi connectivity index (χ0n) is 23.9. The highest BCUT2D eigenvalue weighted by atomic mass is 79.9. The smallest absolute Gasteiger partial charge is 0.160 e. The Morgan fingerprint density at radius 2 is 0.911 bits per heavy atom. The number of hydrogen-bond acceptors (Lipinski definition) is 4. The first-order chi connectivity index (χ1) is 22.2. The van der Waals surface area contributed by atoms with Gasteiger partial charge in [-0.3, -0.25) is 0 Å². The number of halogens is 1. The van der Waals surface area contributed by atoms with Crippen molar-refractivity contribution in [2.24, 2.45) is 0 Å². The van der Waals surface area contributed by atoms with E-state index in [-0.39, 0.29) is 0 Å². The molecule has 0 saturated heterocycles. The summed E-state index contributed by atoms with van der Waals surface area (Å²) >= 11 is 3.79. The predicted octanol–water partition coefficient (Wildman–Crippen LogP) is 11.7. The maximum atomic E-state index is 6.10. The van der Waals surface area contributed by atoms with E-state index < -0.39 is 0 Å². The fraction of sp³-hybridized carbons (Fsp3) is 0. The number of nitrogens with zero attached hydrogens (tertiary/aromatic N) is 2. The van der Waals surface area contributed by atoms with E-state index in [0.29, 0.717) is 5.82 Å². The van der Waals surface area contributed by atoms with Crippen LogP contribution in [0.2, 0.25) is 0 Å². The van der Waals surface area contributed by atoms with Crippen molar-refractivity contribution < 1.29 is 8.83 Å². The van der Waals surface area contributed by atoms with Crippen molar-refractivity contribution in [3.63, 3.8) is 0 Å². The Bertz CT molecular complexity index is 2560. The van der Waals surface area contributed by atoms with Crippen LogP contribution in [0.25, 0.3) is 88.9 Å². The summed E-state index contributed by atoms with van der Waals surface area (Å²) in [5.74, 6) is 0.674. The van der Waals surface area contributed by atoms with Crippen LogP contribution in [0.15, 0.2) is 153 Å². The summed E-state index contributed by atoms with van der Waals surface area (Å²) in [6.45, 7) is 0. The van der Waals surface area contributed by atoms with Gasteiger partial charge >= 0.3 is 0 Å². The SMILES string of the molecule is Brc1cc(-c2ccc3oc4ccccc4c3c2)cc(-c2cc(-c3ccc4oc5ccccc5c4c3)nc(-c3ccccc3)n2)c1. The van der Waals surface area contributed by atoms with Crippen molar-refractivity contribution in [3.8, 4) is 45.0 Å². The van der Waals surface area contributed by atoms with Crippen LogP contribution in [0.1, 0.15) is 0 Å². The fourth-order valence-electron chi connectivity index (χ4n) is 6.15. The van der Waals surface area contributed by atoms with Crippen LogP contribution in [0.3, 0.4) is 0 Å². The Balaban J connectivity index is 1.21. The number of rotatable bonds is 4. The lowest BCUT2D eigenvalue weighted by molar-refractivity contribution is 0.668. The minimum Gasteiger partial charge on any atom is -0.456 e. The summed E-state index contributed by atoms with van der Waals surface area (Å²) in [6, 6.07) is 47.6. The largest absolute Gasteiger partial charge is 0.456 e. The third kappa shape index (κ3) is 4.52. The molecule has 9 rings (SSSR count). The molecule has 5 heteroatoms. The molecule has 0 amide bonds. The van der Waals surface area contributed by atoms with E-state index in [1.807, 2.05) is 72.8 Å². The van der Waals surface area contributed by atoms with Gasteiger partial charge < -0.3 is 8.83 Å². The van der Waals surface area contributed by atoms with Gasteiger partial charge in [-0.2, -0.15) is 0 Å². The van der Waals surface area contributed by atoms with E-state index in [9.17, 15) is 0 Å². The molecule has 0 bridgehead atoms. The highest BCUT2D eigenvalue weighted by Crippen LogP contribution is 2.37. The molecule has 0 unspecified atom stereocenters. The molecule has 4 nitrogen and oxygen atoms in total. The van der Waals surface area contributed by atoms with Gasteiger partial charge in [-0.15, -0.1) is 0 Å². The van der Waals surface area contributed by atoms with E-state index in [2.05, 4.69) is 82.7 Å². The number of para-hydroxylation sites is 2. The fourth-order valence-corrected chi connectivity index (χ4v) is 6.65. The van der Waals surface area contributed by atoms with Crippen LogP contribution in [-0.4, -0.2) is 9.97 Å². The predicted molar refractivity (Wildman–Crippen MR) is 186 cm³/mol. The molecule has 6 aromatic carbocycles. The van der Waals surface area contributed by atoms with Crippen molar-refractivity contribution in [1.82, 2.24) is 9.97 Å². The van der Waals surface area contributed by atoms with Crippen LogP contribution < -0.4 is 0 Å². The summed E-state index contributed by atoms with van der Waals surface area (Å²) in [4.78, 5) is 10.2. The normalized spacial score (nSPS) is 11.7. The highest BCUT2D eigenvalue weighted by Gasteiger charge is 2.15. The molecule has 212 valence electrons. The molecule has 0 aliphatic rings. The maximum Gasteiger partial charge on any atom is 0.160 e. The number of aromatic nitrogens is 2. The van der Waals surface area contributed by atoms with Gasteiger partial charge in [0.25, 0.3) is 0 Å². The second-order valence-electron chi connectivity index (χ2n) is 11.2. The first-order valence-corrected chi connectivity index (χ1v) is 15.5. The summed E-state index contributed by atoms with van der Waals surface area (Å²) in [7, 11) is 0. The Morgan fingerprint density at radius 3 is 1.60 bits per heavy atom. The number of furan rings is 2. The summed E-state index contributed by atoms with van der Waals surface area (Å²) < 4.78 is 13.2. The van der Waals surface area contributed by atoms with Crippen molar-refractivity contribution in [1.29, 1.82) is 0 Å². The summed E-state index contributed by atoms with van der Waals surface area (Å²) in [5.41, 5.74) is 10.3. The molecule has 0 aliphatic heterocycles. The molecule has 0 radical (unpaired) electrons. The van der Waals surface area contributed by atoms with Crippen LogP contribution in [-0.2, 0) is 0 Å². The summed E-state index contributed by atoms with van der Waals surface area (Å²) in [6.07, 6.45) is 0. The monoisotopic (exact) mass is 642 g/mol. The van der Waals surface area contributed by atoms with Gasteiger partial charge in [0.05, 0.1) is 11.4 Å². The van der Waals surface area contributed by atoms with E-state index in [1.54, 1.807) is 0 Å². The average molecular weight is 644 g/mol. The number of fused-ring (bicyclic) bond motifs is 6. The van der Waals surface area contributed by atoms with Crippen LogP contribution in [0.5, 0.6) is 0 Å². The minimum absolute atomic E-state index is 0.674. The molecule has 0 aliphatic carbocycles. The lowest BCUT2D eigenvalue weighted by atomic mass is 9.99. The second kappa shape index (κ2) is 10.3. The molecule has 0 atom stereocenters. The zero-order chi connectivity index (χ0) is 29.9. The van der Waals surface area contributed by atoms with Crippen LogP contribution >= 0.6 is 15.9 Å². The van der Waals surface area contributed by atoms with Crippen molar-refractivity contribution in [3.05, 3.63) is 144 Å². The van der Waals surface area contributed by atoms with Crippen molar-refractivity contribution in [2.75, 3.05) is 0 Å². The van der Waals surface area contributed by atoms with E-state index in [1.165, 1.54) is 0 Å². The van der Waals surface area contributed by atoms with Gasteiger partial charge in [0.2, 0.25) is 0 Å². The molecular weight excluding hydrogens is 620 g/mol. The first-order valence-electron chi connectivity index (χ1n) is 14.8. The first kappa shape index (κ1) is 25.9. The molecule has 3 aromatic heterocycles. The van der Waals surface area contributed by atoms with E-state index in [0.717, 1.165) is 87.6 Å². The van der Waals surface area contributed by atoms with Gasteiger partial charge in [-0.25, -0.2) is 9.97 Å². The molecule has 0 saturated carbocycles. The van der Waals surface area contributed by atoms with Gasteiger partial charge in [-0.1, -0.05) is 88.7 Å². The van der Waals surface area contributed by atoms with E-state index >= 15 is 0 Å². The lowest BCUT2D eigenvalue weighted by Gasteiger charge is -2.11. The quantitative estimate of drug-likeness (QED) is 0.192. The van der Waals surface area contributed by atoms with Gasteiger partial charge in [-0.05, 0) is 77.9 Å². The van der Waals surface area contributed by atoms with Crippen LogP contribution in [0, 0.1) is 0 Å². The summed E-state index contributed by atoms with van der Waals surface area (Å²) in [5, 5.41) is 4.37. The van der Waals surface area contributed by atoms with Crippen molar-refractivity contribution in [2.45, 2.75) is 0 Å². The Labute approximate surface area is 266 Å². The molecule has 9 aromatic rings. The second-order valence-corrected chi connectivity index (χ2v) is 12.1. The van der Waals surface area contributed by atoms with Gasteiger partial charge in [0.15, 0.2) is 5.82 Å². The third-order valence-electron chi connectivity index (χ3n) is 8.33. The highest BCUT2D eigenvalue weighted by molar-refractivity contribution is 9.10. The van der Waals surface area contributed by atoms with Gasteiger partial charge in [0, 0.05) is 42.7 Å². The zero-order valence-corrected chi connectivity index (χ0v) is 25.5. The maximum absolute atomic E-state index is 6.10. The topological polar surface area (TPSA) is 52.1 Å².